The highest BCUT2D eigenvalue weighted by Crippen LogP contribution is 2.06. The predicted molar refractivity (Wildman–Crippen MR) is 97.0 cm³/mol. The number of nitrogens with zero attached hydrogens (tertiary/aromatic N) is 4. The Morgan fingerprint density at radius 2 is 1.93 bits per heavy atom. The molecule has 4 rings (SSSR count). The molecule has 8 nitrogen and oxygen atoms in total. The molecule has 0 atom stereocenters. The van der Waals surface area contributed by atoms with Gasteiger partial charge in [0.1, 0.15) is 5.82 Å². The van der Waals surface area contributed by atoms with Gasteiger partial charge in [0.2, 0.25) is 0 Å². The van der Waals surface area contributed by atoms with Gasteiger partial charge in [0.15, 0.2) is 5.82 Å². The van der Waals surface area contributed by atoms with Gasteiger partial charge in [0, 0.05) is 6.54 Å². The summed E-state index contributed by atoms with van der Waals surface area (Å²) in [6.45, 7) is 0.205. The highest BCUT2D eigenvalue weighted by Gasteiger charge is 2.16. The minimum absolute atomic E-state index is 0.0193. The van der Waals surface area contributed by atoms with E-state index in [1.807, 2.05) is 0 Å². The molecule has 28 heavy (non-hydrogen) atoms. The molecule has 2 aromatic carbocycles. The Morgan fingerprint density at radius 3 is 2.75 bits per heavy atom. The largest absolute Gasteiger partial charge is 0.344 e. The standard InChI is InChI=1S/C19H14FN5O3/c20-13-7-5-12(6-8-13)9-21-17(26)18-23-16(24-28-18)10-25-11-22-15-4-2-1-3-14(15)19(25)27/h1-8,11H,9-10H2,(H,21,26). The molecule has 0 aliphatic rings. The second kappa shape index (κ2) is 7.39. The van der Waals surface area contributed by atoms with Crippen LogP contribution in [0.5, 0.6) is 0 Å². The quantitative estimate of drug-likeness (QED) is 0.568. The smallest absolute Gasteiger partial charge is 0.316 e. The second-order valence-electron chi connectivity index (χ2n) is 6.02. The molecule has 0 bridgehead atoms. The highest BCUT2D eigenvalue weighted by atomic mass is 19.1. The molecule has 140 valence electrons. The fourth-order valence-electron chi connectivity index (χ4n) is 2.64. The average Bonchev–Trinajstić information content (AvgIpc) is 3.18. The zero-order valence-corrected chi connectivity index (χ0v) is 14.5. The molecule has 0 aliphatic carbocycles. The number of aromatic nitrogens is 4. The monoisotopic (exact) mass is 379 g/mol. The molecule has 4 aromatic rings. The van der Waals surface area contributed by atoms with Crippen molar-refractivity contribution in [3.05, 3.63) is 88.3 Å². The van der Waals surface area contributed by atoms with Gasteiger partial charge < -0.3 is 9.84 Å². The lowest BCUT2D eigenvalue weighted by atomic mass is 10.2. The van der Waals surface area contributed by atoms with E-state index in [9.17, 15) is 14.0 Å². The molecule has 1 N–H and O–H groups in total. The van der Waals surface area contributed by atoms with Crippen LogP contribution in [-0.4, -0.2) is 25.6 Å². The molecule has 0 spiro atoms. The number of halogens is 1. The van der Waals surface area contributed by atoms with E-state index < -0.39 is 5.91 Å². The van der Waals surface area contributed by atoms with Crippen LogP contribution < -0.4 is 10.9 Å². The Morgan fingerprint density at radius 1 is 1.14 bits per heavy atom. The van der Waals surface area contributed by atoms with Crippen LogP contribution in [0.25, 0.3) is 10.9 Å². The summed E-state index contributed by atoms with van der Waals surface area (Å²) in [5.74, 6) is -0.966. The van der Waals surface area contributed by atoms with Crippen LogP contribution in [0.4, 0.5) is 4.39 Å². The van der Waals surface area contributed by atoms with Gasteiger partial charge in [-0.3, -0.25) is 14.2 Å². The van der Waals surface area contributed by atoms with E-state index in [4.69, 9.17) is 4.52 Å². The minimum atomic E-state index is -0.563. The summed E-state index contributed by atoms with van der Waals surface area (Å²) in [4.78, 5) is 32.9. The van der Waals surface area contributed by atoms with E-state index in [-0.39, 0.29) is 36.2 Å². The summed E-state index contributed by atoms with van der Waals surface area (Å²) >= 11 is 0. The molecule has 9 heteroatoms. The molecule has 0 unspecified atom stereocenters. The van der Waals surface area contributed by atoms with E-state index in [2.05, 4.69) is 20.4 Å². The van der Waals surface area contributed by atoms with Gasteiger partial charge in [0.05, 0.1) is 23.8 Å². The van der Waals surface area contributed by atoms with Crippen LogP contribution in [0, 0.1) is 5.82 Å². The Kier molecular flexibility index (Phi) is 4.63. The van der Waals surface area contributed by atoms with Crippen molar-refractivity contribution >= 4 is 16.8 Å². The molecule has 2 aromatic heterocycles. The van der Waals surface area contributed by atoms with Crippen molar-refractivity contribution in [1.82, 2.24) is 25.0 Å². The van der Waals surface area contributed by atoms with E-state index in [1.54, 1.807) is 36.4 Å². The van der Waals surface area contributed by atoms with E-state index in [0.717, 1.165) is 5.56 Å². The number of para-hydroxylation sites is 1. The van der Waals surface area contributed by atoms with Gasteiger partial charge in [-0.1, -0.05) is 29.4 Å². The van der Waals surface area contributed by atoms with Crippen molar-refractivity contribution in [1.29, 1.82) is 0 Å². The molecule has 0 radical (unpaired) electrons. The number of hydrogen-bond donors (Lipinski definition) is 1. The van der Waals surface area contributed by atoms with Crippen LogP contribution in [0.2, 0.25) is 0 Å². The first-order chi connectivity index (χ1) is 13.6. The second-order valence-corrected chi connectivity index (χ2v) is 6.02. The fourth-order valence-corrected chi connectivity index (χ4v) is 2.64. The van der Waals surface area contributed by atoms with Crippen molar-refractivity contribution in [2.45, 2.75) is 13.1 Å². The number of fused-ring (bicyclic) bond motifs is 1. The van der Waals surface area contributed by atoms with Gasteiger partial charge in [-0.2, -0.15) is 4.98 Å². The molecule has 0 saturated heterocycles. The summed E-state index contributed by atoms with van der Waals surface area (Å²) in [5, 5.41) is 6.82. The van der Waals surface area contributed by atoms with Crippen LogP contribution >= 0.6 is 0 Å². The van der Waals surface area contributed by atoms with Crippen LogP contribution in [0.1, 0.15) is 22.1 Å². The van der Waals surface area contributed by atoms with Crippen molar-refractivity contribution in [2.24, 2.45) is 0 Å². The molecule has 0 fully saturated rings. The lowest BCUT2D eigenvalue weighted by molar-refractivity contribution is 0.0907. The first kappa shape index (κ1) is 17.5. The Balaban J connectivity index is 1.45. The molecular formula is C19H14FN5O3. The zero-order chi connectivity index (χ0) is 19.5. The number of hydrogen-bond acceptors (Lipinski definition) is 6. The maximum absolute atomic E-state index is 12.9. The van der Waals surface area contributed by atoms with Gasteiger partial charge in [-0.15, -0.1) is 0 Å². The van der Waals surface area contributed by atoms with Crippen molar-refractivity contribution in [3.8, 4) is 0 Å². The van der Waals surface area contributed by atoms with Crippen LogP contribution in [0.15, 0.2) is 64.2 Å². The van der Waals surface area contributed by atoms with E-state index in [1.165, 1.54) is 23.0 Å². The summed E-state index contributed by atoms with van der Waals surface area (Å²) < 4.78 is 19.2. The Hall–Kier alpha value is -3.88. The minimum Gasteiger partial charge on any atom is -0.344 e. The van der Waals surface area contributed by atoms with E-state index in [0.29, 0.717) is 10.9 Å². The molecule has 1 amide bonds. The number of carbonyl (C=O) groups excluding carboxylic acids is 1. The van der Waals surface area contributed by atoms with Crippen molar-refractivity contribution in [3.63, 3.8) is 0 Å². The van der Waals surface area contributed by atoms with Gasteiger partial charge in [0.25, 0.3) is 5.56 Å². The predicted octanol–water partition coefficient (Wildman–Crippen LogP) is 1.90. The van der Waals surface area contributed by atoms with Gasteiger partial charge >= 0.3 is 11.8 Å². The molecular weight excluding hydrogens is 365 g/mol. The number of amides is 1. The molecule has 0 aliphatic heterocycles. The summed E-state index contributed by atoms with van der Waals surface area (Å²) in [7, 11) is 0. The number of nitrogens with one attached hydrogen (secondary N) is 1. The first-order valence-electron chi connectivity index (χ1n) is 8.39. The number of benzene rings is 2. The lowest BCUT2D eigenvalue weighted by Crippen LogP contribution is -2.23. The van der Waals surface area contributed by atoms with Gasteiger partial charge in [-0.05, 0) is 29.8 Å². The summed E-state index contributed by atoms with van der Waals surface area (Å²) in [6.07, 6.45) is 1.40. The normalized spacial score (nSPS) is 10.9. The SMILES string of the molecule is O=C(NCc1ccc(F)cc1)c1nc(Cn2cnc3ccccc3c2=O)no1. The third-order valence-corrected chi connectivity index (χ3v) is 4.07. The Labute approximate surface area is 157 Å². The fraction of sp³-hybridized carbons (Fsp3) is 0.105. The maximum Gasteiger partial charge on any atom is 0.316 e. The van der Waals surface area contributed by atoms with Crippen molar-refractivity contribution in [2.75, 3.05) is 0 Å². The third kappa shape index (κ3) is 3.63. The van der Waals surface area contributed by atoms with Crippen molar-refractivity contribution < 1.29 is 13.7 Å². The summed E-state index contributed by atoms with van der Waals surface area (Å²) in [5.41, 5.74) is 1.08. The zero-order valence-electron chi connectivity index (χ0n) is 14.5. The topological polar surface area (TPSA) is 103 Å². The number of rotatable bonds is 5. The third-order valence-electron chi connectivity index (χ3n) is 4.07. The van der Waals surface area contributed by atoms with Crippen LogP contribution in [0.3, 0.4) is 0 Å². The average molecular weight is 379 g/mol. The number of carbonyl (C=O) groups is 1. The molecule has 0 saturated carbocycles. The lowest BCUT2D eigenvalue weighted by Gasteiger charge is -2.03. The van der Waals surface area contributed by atoms with Gasteiger partial charge in [-0.25, -0.2) is 9.37 Å². The Bertz CT molecular complexity index is 1200. The molecule has 2 heterocycles. The highest BCUT2D eigenvalue weighted by molar-refractivity contribution is 5.89. The first-order valence-corrected chi connectivity index (χ1v) is 8.39. The summed E-state index contributed by atoms with van der Waals surface area (Å²) in [6, 6.07) is 12.7. The van der Waals surface area contributed by atoms with E-state index >= 15 is 0 Å². The maximum atomic E-state index is 12.9. The van der Waals surface area contributed by atoms with Crippen LogP contribution in [-0.2, 0) is 13.1 Å².